The SMILES string of the molecule is C=CCN(O)c1nnc(-c2ccncc2)s1. The van der Waals surface area contributed by atoms with Crippen LogP contribution in [0.1, 0.15) is 0 Å². The fourth-order valence-electron chi connectivity index (χ4n) is 1.13. The first-order chi connectivity index (χ1) is 7.81. The lowest BCUT2D eigenvalue weighted by atomic mass is 10.3. The molecule has 0 unspecified atom stereocenters. The minimum Gasteiger partial charge on any atom is -0.286 e. The van der Waals surface area contributed by atoms with Crippen LogP contribution in [0.4, 0.5) is 5.13 Å². The van der Waals surface area contributed by atoms with Gasteiger partial charge in [0.2, 0.25) is 5.13 Å². The quantitative estimate of drug-likeness (QED) is 0.647. The second-order valence-electron chi connectivity index (χ2n) is 3.00. The van der Waals surface area contributed by atoms with E-state index in [9.17, 15) is 5.21 Å². The van der Waals surface area contributed by atoms with Crippen LogP contribution in [0.25, 0.3) is 10.6 Å². The maximum atomic E-state index is 9.54. The summed E-state index contributed by atoms with van der Waals surface area (Å²) in [4.78, 5) is 3.93. The van der Waals surface area contributed by atoms with Gasteiger partial charge < -0.3 is 0 Å². The van der Waals surface area contributed by atoms with Crippen LogP contribution in [-0.4, -0.2) is 26.9 Å². The van der Waals surface area contributed by atoms with Crippen LogP contribution in [0.5, 0.6) is 0 Å². The van der Waals surface area contributed by atoms with Crippen LogP contribution < -0.4 is 5.06 Å². The molecule has 2 aromatic heterocycles. The van der Waals surface area contributed by atoms with Gasteiger partial charge in [-0.15, -0.1) is 16.8 Å². The Kier molecular flexibility index (Phi) is 3.23. The molecule has 0 radical (unpaired) electrons. The molecule has 0 saturated carbocycles. The summed E-state index contributed by atoms with van der Waals surface area (Å²) in [5, 5.41) is 19.6. The lowest BCUT2D eigenvalue weighted by Gasteiger charge is -2.07. The van der Waals surface area contributed by atoms with E-state index in [0.717, 1.165) is 15.6 Å². The molecular formula is C10H10N4OS. The van der Waals surface area contributed by atoms with Gasteiger partial charge in [0.15, 0.2) is 0 Å². The molecule has 0 aliphatic carbocycles. The molecule has 0 spiro atoms. The van der Waals surface area contributed by atoms with Gasteiger partial charge in [-0.05, 0) is 12.1 Å². The van der Waals surface area contributed by atoms with Crippen molar-refractivity contribution in [2.75, 3.05) is 11.6 Å². The topological polar surface area (TPSA) is 62.1 Å². The van der Waals surface area contributed by atoms with E-state index in [2.05, 4.69) is 21.8 Å². The molecule has 2 rings (SSSR count). The second-order valence-corrected chi connectivity index (χ2v) is 3.95. The molecule has 2 heterocycles. The van der Waals surface area contributed by atoms with Gasteiger partial charge in [-0.2, -0.15) is 0 Å². The average molecular weight is 234 g/mol. The summed E-state index contributed by atoms with van der Waals surface area (Å²) in [6, 6.07) is 3.69. The third-order valence-electron chi connectivity index (χ3n) is 1.86. The van der Waals surface area contributed by atoms with Crippen LogP contribution in [0, 0.1) is 0 Å². The van der Waals surface area contributed by atoms with Gasteiger partial charge in [0.05, 0.1) is 6.54 Å². The average Bonchev–Trinajstić information content (AvgIpc) is 2.80. The zero-order valence-corrected chi connectivity index (χ0v) is 9.26. The van der Waals surface area contributed by atoms with Crippen molar-refractivity contribution in [3.05, 3.63) is 37.2 Å². The Morgan fingerprint density at radius 3 is 2.81 bits per heavy atom. The fraction of sp³-hybridized carbons (Fsp3) is 0.100. The van der Waals surface area contributed by atoms with E-state index in [-0.39, 0.29) is 0 Å². The van der Waals surface area contributed by atoms with E-state index in [0.29, 0.717) is 11.7 Å². The Hall–Kier alpha value is -1.79. The summed E-state index contributed by atoms with van der Waals surface area (Å²) >= 11 is 1.31. The predicted octanol–water partition coefficient (Wildman–Crippen LogP) is 1.98. The Bertz CT molecular complexity index is 471. The van der Waals surface area contributed by atoms with Gasteiger partial charge >= 0.3 is 0 Å². The van der Waals surface area contributed by atoms with Gasteiger partial charge in [-0.3, -0.25) is 10.2 Å². The second kappa shape index (κ2) is 4.82. The van der Waals surface area contributed by atoms with E-state index >= 15 is 0 Å². The van der Waals surface area contributed by atoms with Crippen molar-refractivity contribution >= 4 is 16.5 Å². The molecule has 0 saturated heterocycles. The Morgan fingerprint density at radius 1 is 1.38 bits per heavy atom. The Labute approximate surface area is 96.7 Å². The molecule has 0 aliphatic heterocycles. The smallest absolute Gasteiger partial charge is 0.232 e. The zero-order valence-electron chi connectivity index (χ0n) is 8.45. The number of rotatable bonds is 4. The summed E-state index contributed by atoms with van der Waals surface area (Å²) in [6.45, 7) is 3.86. The molecule has 5 nitrogen and oxygen atoms in total. The number of aromatic nitrogens is 3. The van der Waals surface area contributed by atoms with Crippen LogP contribution in [0.3, 0.4) is 0 Å². The van der Waals surface area contributed by atoms with Crippen LogP contribution in [0.2, 0.25) is 0 Å². The van der Waals surface area contributed by atoms with Gasteiger partial charge in [0.25, 0.3) is 0 Å². The van der Waals surface area contributed by atoms with E-state index in [1.807, 2.05) is 12.1 Å². The van der Waals surface area contributed by atoms with Gasteiger partial charge in [-0.25, -0.2) is 5.06 Å². The Balaban J connectivity index is 2.23. The summed E-state index contributed by atoms with van der Waals surface area (Å²) in [6.07, 6.45) is 4.97. The maximum absolute atomic E-state index is 9.54. The minimum atomic E-state index is 0.324. The monoisotopic (exact) mass is 234 g/mol. The first-order valence-electron chi connectivity index (χ1n) is 4.62. The molecular weight excluding hydrogens is 224 g/mol. The minimum absolute atomic E-state index is 0.324. The number of hydrogen-bond donors (Lipinski definition) is 1. The lowest BCUT2D eigenvalue weighted by Crippen LogP contribution is -2.17. The Morgan fingerprint density at radius 2 is 2.12 bits per heavy atom. The summed E-state index contributed by atoms with van der Waals surface area (Å²) < 4.78 is 0. The molecule has 82 valence electrons. The first-order valence-corrected chi connectivity index (χ1v) is 5.44. The first kappa shape index (κ1) is 10.7. The third kappa shape index (κ3) is 2.23. The van der Waals surface area contributed by atoms with E-state index in [4.69, 9.17) is 0 Å². The van der Waals surface area contributed by atoms with Gasteiger partial charge in [0, 0.05) is 18.0 Å². The number of hydrogen-bond acceptors (Lipinski definition) is 6. The van der Waals surface area contributed by atoms with Crippen LogP contribution in [-0.2, 0) is 0 Å². The molecule has 0 amide bonds. The van der Waals surface area contributed by atoms with Crippen molar-refractivity contribution in [3.8, 4) is 10.6 Å². The van der Waals surface area contributed by atoms with E-state index in [1.54, 1.807) is 18.5 Å². The molecule has 16 heavy (non-hydrogen) atoms. The van der Waals surface area contributed by atoms with Crippen LogP contribution >= 0.6 is 11.3 Å². The van der Waals surface area contributed by atoms with Gasteiger partial charge in [-0.1, -0.05) is 17.4 Å². The summed E-state index contributed by atoms with van der Waals surface area (Å²) in [7, 11) is 0. The van der Waals surface area contributed by atoms with Crippen molar-refractivity contribution in [2.24, 2.45) is 0 Å². The molecule has 0 aromatic carbocycles. The molecule has 0 aliphatic rings. The number of nitrogens with zero attached hydrogens (tertiary/aromatic N) is 4. The molecule has 2 aromatic rings. The highest BCUT2D eigenvalue weighted by Gasteiger charge is 2.10. The normalized spacial score (nSPS) is 10.1. The molecule has 0 fully saturated rings. The van der Waals surface area contributed by atoms with Crippen molar-refractivity contribution in [1.82, 2.24) is 15.2 Å². The van der Waals surface area contributed by atoms with Gasteiger partial charge in [0.1, 0.15) is 5.01 Å². The van der Waals surface area contributed by atoms with E-state index in [1.165, 1.54) is 11.3 Å². The van der Waals surface area contributed by atoms with Crippen molar-refractivity contribution in [3.63, 3.8) is 0 Å². The summed E-state index contributed by atoms with van der Waals surface area (Å²) in [5.74, 6) is 0. The number of hydroxylamine groups is 1. The number of anilines is 1. The highest BCUT2D eigenvalue weighted by Crippen LogP contribution is 2.27. The predicted molar refractivity (Wildman–Crippen MR) is 62.5 cm³/mol. The zero-order chi connectivity index (χ0) is 11.4. The third-order valence-corrected chi connectivity index (χ3v) is 2.85. The van der Waals surface area contributed by atoms with Crippen LogP contribution in [0.15, 0.2) is 37.2 Å². The molecule has 6 heteroatoms. The maximum Gasteiger partial charge on any atom is 0.232 e. The lowest BCUT2D eigenvalue weighted by molar-refractivity contribution is 0.265. The van der Waals surface area contributed by atoms with Crippen molar-refractivity contribution in [1.29, 1.82) is 0 Å². The standard InChI is InChI=1S/C10H10N4OS/c1-2-7-14(15)10-13-12-9(16-10)8-3-5-11-6-4-8/h2-6,15H,1,7H2. The highest BCUT2D eigenvalue weighted by atomic mass is 32.1. The fourth-order valence-corrected chi connectivity index (χ4v) is 1.90. The molecule has 0 bridgehead atoms. The van der Waals surface area contributed by atoms with E-state index < -0.39 is 0 Å². The molecule has 1 N–H and O–H groups in total. The largest absolute Gasteiger partial charge is 0.286 e. The molecule has 0 atom stereocenters. The van der Waals surface area contributed by atoms with Crippen molar-refractivity contribution in [2.45, 2.75) is 0 Å². The van der Waals surface area contributed by atoms with Crippen molar-refractivity contribution < 1.29 is 5.21 Å². The highest BCUT2D eigenvalue weighted by molar-refractivity contribution is 7.18. The number of pyridine rings is 1. The summed E-state index contributed by atoms with van der Waals surface area (Å²) in [5.41, 5.74) is 0.936.